The van der Waals surface area contributed by atoms with Crippen LogP contribution in [0.3, 0.4) is 0 Å². The molecule has 0 saturated carbocycles. The molecule has 2 heterocycles. The molecule has 1 aromatic rings. The maximum Gasteiger partial charge on any atom is 0.350 e. The fraction of sp³-hybridized carbons (Fsp3) is 0.500. The van der Waals surface area contributed by atoms with E-state index in [0.717, 1.165) is 19.4 Å². The van der Waals surface area contributed by atoms with Crippen LogP contribution in [0.25, 0.3) is 0 Å². The van der Waals surface area contributed by atoms with Gasteiger partial charge in [-0.1, -0.05) is 0 Å². The van der Waals surface area contributed by atoms with Gasteiger partial charge in [0, 0.05) is 6.54 Å². The molecule has 0 aromatic carbocycles. The normalized spacial score (nSPS) is 19.3. The summed E-state index contributed by atoms with van der Waals surface area (Å²) in [6, 6.07) is 1.73. The van der Waals surface area contributed by atoms with Crippen molar-refractivity contribution >= 4 is 28.9 Å². The van der Waals surface area contributed by atoms with Crippen molar-refractivity contribution in [2.45, 2.75) is 12.8 Å². The molecule has 18 heavy (non-hydrogen) atoms. The number of hydrogen-bond donors (Lipinski definition) is 2. The summed E-state index contributed by atoms with van der Waals surface area (Å²) >= 11 is 1.27. The van der Waals surface area contributed by atoms with Crippen molar-refractivity contribution < 1.29 is 14.3 Å². The number of piperidine rings is 1. The van der Waals surface area contributed by atoms with Crippen LogP contribution in [0.4, 0.5) is 5.69 Å². The molecular formula is C12H16N2O3S. The number of carbonyl (C=O) groups excluding carboxylic acids is 2. The lowest BCUT2D eigenvalue weighted by Crippen LogP contribution is -2.37. The highest BCUT2D eigenvalue weighted by Crippen LogP contribution is 2.24. The number of methoxy groups -OCH3 is 1. The molecule has 0 spiro atoms. The summed E-state index contributed by atoms with van der Waals surface area (Å²) in [5.74, 6) is -0.475. The van der Waals surface area contributed by atoms with Gasteiger partial charge in [0.25, 0.3) is 0 Å². The molecule has 1 fully saturated rings. The third-order valence-electron chi connectivity index (χ3n) is 2.96. The molecule has 1 saturated heterocycles. The first-order valence-corrected chi connectivity index (χ1v) is 6.77. The van der Waals surface area contributed by atoms with E-state index >= 15 is 0 Å². The number of esters is 1. The summed E-state index contributed by atoms with van der Waals surface area (Å²) in [7, 11) is 1.33. The summed E-state index contributed by atoms with van der Waals surface area (Å²) in [4.78, 5) is 23.9. The van der Waals surface area contributed by atoms with Crippen molar-refractivity contribution in [2.24, 2.45) is 5.92 Å². The molecule has 0 bridgehead atoms. The lowest BCUT2D eigenvalue weighted by Gasteiger charge is -2.21. The number of ether oxygens (including phenoxy) is 1. The zero-order chi connectivity index (χ0) is 13.0. The Kier molecular flexibility index (Phi) is 4.33. The predicted octanol–water partition coefficient (Wildman–Crippen LogP) is 1.47. The van der Waals surface area contributed by atoms with Crippen LogP contribution < -0.4 is 10.6 Å². The van der Waals surface area contributed by atoms with Crippen molar-refractivity contribution in [2.75, 3.05) is 25.5 Å². The average Bonchev–Trinajstić information content (AvgIpc) is 2.87. The van der Waals surface area contributed by atoms with Crippen LogP contribution in [0.1, 0.15) is 22.5 Å². The molecule has 0 radical (unpaired) electrons. The Balaban J connectivity index is 2.02. The van der Waals surface area contributed by atoms with Gasteiger partial charge in [-0.15, -0.1) is 11.3 Å². The second kappa shape index (κ2) is 5.97. The van der Waals surface area contributed by atoms with Gasteiger partial charge < -0.3 is 15.4 Å². The van der Waals surface area contributed by atoms with Crippen molar-refractivity contribution in [3.05, 3.63) is 16.3 Å². The van der Waals surface area contributed by atoms with Crippen LogP contribution in [0, 0.1) is 5.92 Å². The van der Waals surface area contributed by atoms with E-state index in [-0.39, 0.29) is 11.8 Å². The van der Waals surface area contributed by atoms with E-state index in [4.69, 9.17) is 0 Å². The molecule has 2 rings (SSSR count). The maximum atomic E-state index is 12.0. The van der Waals surface area contributed by atoms with Gasteiger partial charge in [-0.3, -0.25) is 4.79 Å². The quantitative estimate of drug-likeness (QED) is 0.815. The van der Waals surface area contributed by atoms with E-state index in [2.05, 4.69) is 15.4 Å². The van der Waals surface area contributed by atoms with E-state index in [9.17, 15) is 9.59 Å². The number of amides is 1. The number of carbonyl (C=O) groups is 2. The van der Waals surface area contributed by atoms with Crippen LogP contribution in [0.2, 0.25) is 0 Å². The number of hydrogen-bond acceptors (Lipinski definition) is 5. The van der Waals surface area contributed by atoms with E-state index in [0.29, 0.717) is 17.1 Å². The van der Waals surface area contributed by atoms with E-state index in [1.54, 1.807) is 11.4 Å². The zero-order valence-electron chi connectivity index (χ0n) is 10.2. The number of nitrogens with one attached hydrogen (secondary N) is 2. The molecule has 98 valence electrons. The Morgan fingerprint density at radius 1 is 1.56 bits per heavy atom. The Hall–Kier alpha value is -1.40. The van der Waals surface area contributed by atoms with Crippen molar-refractivity contribution in [3.8, 4) is 0 Å². The first-order valence-electron chi connectivity index (χ1n) is 5.89. The summed E-state index contributed by atoms with van der Waals surface area (Å²) < 4.78 is 4.67. The largest absolute Gasteiger partial charge is 0.465 e. The topological polar surface area (TPSA) is 67.4 Å². The van der Waals surface area contributed by atoms with Gasteiger partial charge in [0.15, 0.2) is 0 Å². The third-order valence-corrected chi connectivity index (χ3v) is 3.86. The first kappa shape index (κ1) is 13.0. The van der Waals surface area contributed by atoms with Gasteiger partial charge in [0.05, 0.1) is 18.7 Å². The highest BCUT2D eigenvalue weighted by Gasteiger charge is 2.23. The van der Waals surface area contributed by atoms with Crippen molar-refractivity contribution in [1.29, 1.82) is 0 Å². The standard InChI is InChI=1S/C12H16N2O3S/c1-17-12(16)10-9(4-6-18-10)14-11(15)8-3-2-5-13-7-8/h4,6,8,13H,2-3,5,7H2,1H3,(H,14,15)/t8-/m0/s1. The predicted molar refractivity (Wildman–Crippen MR) is 69.9 cm³/mol. The molecule has 1 amide bonds. The Labute approximate surface area is 110 Å². The lowest BCUT2D eigenvalue weighted by atomic mass is 9.99. The molecule has 1 atom stereocenters. The average molecular weight is 268 g/mol. The van der Waals surface area contributed by atoms with Crippen molar-refractivity contribution in [1.82, 2.24) is 5.32 Å². The summed E-state index contributed by atoms with van der Waals surface area (Å²) in [5, 5.41) is 7.77. The molecule has 1 aromatic heterocycles. The van der Waals surface area contributed by atoms with Gasteiger partial charge in [-0.25, -0.2) is 4.79 Å². The molecule has 0 unspecified atom stereocenters. The first-order chi connectivity index (χ1) is 8.72. The third kappa shape index (κ3) is 2.88. The maximum absolute atomic E-state index is 12.0. The molecule has 1 aliphatic heterocycles. The molecule has 1 aliphatic rings. The van der Waals surface area contributed by atoms with Gasteiger partial charge in [-0.05, 0) is 30.8 Å². The SMILES string of the molecule is COC(=O)c1sccc1NC(=O)[C@H]1CCCNC1. The Bertz CT molecular complexity index is 438. The van der Waals surface area contributed by atoms with Crippen molar-refractivity contribution in [3.63, 3.8) is 0 Å². The second-order valence-electron chi connectivity index (χ2n) is 4.19. The van der Waals surface area contributed by atoms with Crippen LogP contribution in [-0.4, -0.2) is 32.1 Å². The molecular weight excluding hydrogens is 252 g/mol. The minimum absolute atomic E-state index is 0.0239. The zero-order valence-corrected chi connectivity index (χ0v) is 11.0. The van der Waals surface area contributed by atoms with Crippen LogP contribution >= 0.6 is 11.3 Å². The monoisotopic (exact) mass is 268 g/mol. The summed E-state index contributed by atoms with van der Waals surface area (Å²) in [6.45, 7) is 1.67. The molecule has 2 N–H and O–H groups in total. The smallest absolute Gasteiger partial charge is 0.350 e. The number of thiophene rings is 1. The summed E-state index contributed by atoms with van der Waals surface area (Å²) in [6.07, 6.45) is 1.89. The van der Waals surface area contributed by atoms with Crippen LogP contribution in [-0.2, 0) is 9.53 Å². The fourth-order valence-electron chi connectivity index (χ4n) is 1.97. The van der Waals surface area contributed by atoms with E-state index in [1.165, 1.54) is 18.4 Å². The molecule has 0 aliphatic carbocycles. The van der Waals surface area contributed by atoms with Gasteiger partial charge in [0.1, 0.15) is 4.88 Å². The van der Waals surface area contributed by atoms with Gasteiger partial charge >= 0.3 is 5.97 Å². The van der Waals surface area contributed by atoms with Gasteiger partial charge in [0.2, 0.25) is 5.91 Å². The minimum atomic E-state index is -0.415. The highest BCUT2D eigenvalue weighted by atomic mass is 32.1. The van der Waals surface area contributed by atoms with E-state index < -0.39 is 5.97 Å². The van der Waals surface area contributed by atoms with E-state index in [1.807, 2.05) is 0 Å². The lowest BCUT2D eigenvalue weighted by molar-refractivity contribution is -0.120. The highest BCUT2D eigenvalue weighted by molar-refractivity contribution is 7.12. The second-order valence-corrected chi connectivity index (χ2v) is 5.10. The van der Waals surface area contributed by atoms with Crippen LogP contribution in [0.5, 0.6) is 0 Å². The number of anilines is 1. The summed E-state index contributed by atoms with van der Waals surface area (Å²) in [5.41, 5.74) is 0.544. The number of rotatable bonds is 3. The van der Waals surface area contributed by atoms with Gasteiger partial charge in [-0.2, -0.15) is 0 Å². The minimum Gasteiger partial charge on any atom is -0.465 e. The Morgan fingerprint density at radius 2 is 2.39 bits per heavy atom. The Morgan fingerprint density at radius 3 is 3.06 bits per heavy atom. The molecule has 5 nitrogen and oxygen atoms in total. The fourth-order valence-corrected chi connectivity index (χ4v) is 2.73. The molecule has 6 heteroatoms. The van der Waals surface area contributed by atoms with Crippen LogP contribution in [0.15, 0.2) is 11.4 Å².